The summed E-state index contributed by atoms with van der Waals surface area (Å²) in [6.07, 6.45) is -4.47. The molecule has 0 aromatic carbocycles. The van der Waals surface area contributed by atoms with Crippen molar-refractivity contribution in [3.63, 3.8) is 0 Å². The van der Waals surface area contributed by atoms with Gasteiger partial charge in [0.15, 0.2) is 6.29 Å². The number of rotatable bonds is 5. The lowest BCUT2D eigenvalue weighted by Gasteiger charge is -2.48. The lowest BCUT2D eigenvalue weighted by atomic mass is 9.65. The van der Waals surface area contributed by atoms with Crippen LogP contribution in [0.15, 0.2) is 0 Å². The van der Waals surface area contributed by atoms with Crippen LogP contribution >= 0.6 is 0 Å². The van der Waals surface area contributed by atoms with Gasteiger partial charge < -0.3 is 35.0 Å². The van der Waals surface area contributed by atoms with Gasteiger partial charge in [-0.05, 0) is 43.4 Å². The minimum absolute atomic E-state index is 0.0187. The summed E-state index contributed by atoms with van der Waals surface area (Å²) in [6, 6.07) is 0. The summed E-state index contributed by atoms with van der Waals surface area (Å²) in [4.78, 5) is 0. The third-order valence-corrected chi connectivity index (χ3v) is 5.70. The molecule has 0 bridgehead atoms. The van der Waals surface area contributed by atoms with Gasteiger partial charge in [-0.2, -0.15) is 0 Å². The van der Waals surface area contributed by atoms with E-state index in [1.165, 1.54) is 0 Å². The number of hydrogen-bond acceptors (Lipinski definition) is 7. The maximum atomic E-state index is 10.2. The average molecular weight is 362 g/mol. The second-order valence-electron chi connectivity index (χ2n) is 8.65. The molecule has 7 heteroatoms. The standard InChI is InChI=1S/C18H34O7/c1-9(20)5-11-6-18(3,4)7-12(10(11)2)24-17-16(23)15(22)14(21)13(8-19)25-17/h9-17,19-23H,5-8H2,1-4H3/t9?,10-,11?,12+,13?,14?,15?,16?,17?/m0/s1. The van der Waals surface area contributed by atoms with Gasteiger partial charge >= 0.3 is 0 Å². The summed E-state index contributed by atoms with van der Waals surface area (Å²) in [6.45, 7) is 7.68. The van der Waals surface area contributed by atoms with E-state index in [9.17, 15) is 25.5 Å². The van der Waals surface area contributed by atoms with Gasteiger partial charge in [0.25, 0.3) is 0 Å². The quantitative estimate of drug-likeness (QED) is 0.467. The van der Waals surface area contributed by atoms with E-state index in [0.717, 1.165) is 12.8 Å². The minimum atomic E-state index is -1.43. The van der Waals surface area contributed by atoms with E-state index in [2.05, 4.69) is 20.8 Å². The van der Waals surface area contributed by atoms with Crippen LogP contribution in [0.2, 0.25) is 0 Å². The number of hydrogen-bond donors (Lipinski definition) is 5. The maximum Gasteiger partial charge on any atom is 0.186 e. The minimum Gasteiger partial charge on any atom is -0.394 e. The van der Waals surface area contributed by atoms with Crippen LogP contribution in [-0.4, -0.2) is 75.1 Å². The third-order valence-electron chi connectivity index (χ3n) is 5.70. The Morgan fingerprint density at radius 2 is 1.76 bits per heavy atom. The van der Waals surface area contributed by atoms with E-state index in [1.54, 1.807) is 6.92 Å². The van der Waals surface area contributed by atoms with E-state index >= 15 is 0 Å². The van der Waals surface area contributed by atoms with E-state index in [0.29, 0.717) is 6.42 Å². The van der Waals surface area contributed by atoms with Crippen molar-refractivity contribution in [2.75, 3.05) is 6.61 Å². The largest absolute Gasteiger partial charge is 0.394 e. The third kappa shape index (κ3) is 4.91. The summed E-state index contributed by atoms with van der Waals surface area (Å²) in [7, 11) is 0. The average Bonchev–Trinajstić information content (AvgIpc) is 2.51. The van der Waals surface area contributed by atoms with Gasteiger partial charge in [0, 0.05) is 0 Å². The lowest BCUT2D eigenvalue weighted by Crippen LogP contribution is -2.60. The smallest absolute Gasteiger partial charge is 0.186 e. The van der Waals surface area contributed by atoms with Crippen molar-refractivity contribution in [1.29, 1.82) is 0 Å². The van der Waals surface area contributed by atoms with Crippen molar-refractivity contribution in [2.24, 2.45) is 17.3 Å². The van der Waals surface area contributed by atoms with Gasteiger partial charge in [-0.25, -0.2) is 0 Å². The van der Waals surface area contributed by atoms with E-state index in [1.807, 2.05) is 0 Å². The summed E-state index contributed by atoms with van der Waals surface area (Å²) in [5.41, 5.74) is 0.0187. The molecule has 2 aliphatic rings. The Morgan fingerprint density at radius 1 is 1.12 bits per heavy atom. The molecule has 148 valence electrons. The maximum absolute atomic E-state index is 10.2. The Morgan fingerprint density at radius 3 is 2.32 bits per heavy atom. The van der Waals surface area contributed by atoms with Crippen LogP contribution in [0.4, 0.5) is 0 Å². The molecule has 2 rings (SSSR count). The Kier molecular flexibility index (Phi) is 6.87. The lowest BCUT2D eigenvalue weighted by molar-refractivity contribution is -0.320. The van der Waals surface area contributed by atoms with Gasteiger partial charge in [-0.15, -0.1) is 0 Å². The molecule has 0 spiro atoms. The molecule has 9 atom stereocenters. The molecule has 7 nitrogen and oxygen atoms in total. The van der Waals surface area contributed by atoms with Crippen LogP contribution in [0.5, 0.6) is 0 Å². The van der Waals surface area contributed by atoms with Crippen molar-refractivity contribution >= 4 is 0 Å². The Bertz CT molecular complexity index is 426. The fourth-order valence-corrected chi connectivity index (χ4v) is 4.27. The SMILES string of the molecule is CC(O)CC1CC(C)(C)C[C@@H](OC2OC(CO)C(O)C(O)C2O)[C@H]1C. The molecule has 25 heavy (non-hydrogen) atoms. The highest BCUT2D eigenvalue weighted by Crippen LogP contribution is 2.45. The summed E-state index contributed by atoms with van der Waals surface area (Å²) >= 11 is 0. The van der Waals surface area contributed by atoms with Crippen molar-refractivity contribution in [2.45, 2.75) is 89.9 Å². The summed E-state index contributed by atoms with van der Waals surface area (Å²) in [5.74, 6) is 0.425. The van der Waals surface area contributed by atoms with Gasteiger partial charge in [-0.3, -0.25) is 0 Å². The van der Waals surface area contributed by atoms with E-state index < -0.39 is 43.4 Å². The van der Waals surface area contributed by atoms with Gasteiger partial charge in [0.1, 0.15) is 24.4 Å². The number of ether oxygens (including phenoxy) is 2. The molecule has 7 unspecified atom stereocenters. The van der Waals surface area contributed by atoms with Crippen LogP contribution in [0.25, 0.3) is 0 Å². The first-order chi connectivity index (χ1) is 11.6. The zero-order chi connectivity index (χ0) is 18.9. The van der Waals surface area contributed by atoms with Gasteiger partial charge in [0.05, 0.1) is 18.8 Å². The van der Waals surface area contributed by atoms with Crippen molar-refractivity contribution < 1.29 is 35.0 Å². The first kappa shape index (κ1) is 21.0. The van der Waals surface area contributed by atoms with Crippen LogP contribution < -0.4 is 0 Å². The first-order valence-corrected chi connectivity index (χ1v) is 9.19. The molecule has 0 radical (unpaired) electrons. The fraction of sp³-hybridized carbons (Fsp3) is 1.00. The predicted octanol–water partition coefficient (Wildman–Crippen LogP) is 0.0147. The van der Waals surface area contributed by atoms with Crippen LogP contribution in [0, 0.1) is 17.3 Å². The first-order valence-electron chi connectivity index (χ1n) is 9.19. The normalized spacial score (nSPS) is 46.0. The van der Waals surface area contributed by atoms with Gasteiger partial charge in [0.2, 0.25) is 0 Å². The molecule has 0 amide bonds. The second kappa shape index (κ2) is 8.17. The monoisotopic (exact) mass is 362 g/mol. The van der Waals surface area contributed by atoms with Crippen LogP contribution in [-0.2, 0) is 9.47 Å². The zero-order valence-electron chi connectivity index (χ0n) is 15.6. The molecule has 1 saturated heterocycles. The van der Waals surface area contributed by atoms with E-state index in [-0.39, 0.29) is 23.4 Å². The molecule has 1 saturated carbocycles. The molecular formula is C18H34O7. The highest BCUT2D eigenvalue weighted by atomic mass is 16.7. The highest BCUT2D eigenvalue weighted by Gasteiger charge is 2.47. The predicted molar refractivity (Wildman–Crippen MR) is 90.6 cm³/mol. The molecule has 1 aliphatic carbocycles. The van der Waals surface area contributed by atoms with Crippen LogP contribution in [0.1, 0.15) is 47.0 Å². The number of aliphatic hydroxyl groups is 5. The molecule has 2 fully saturated rings. The van der Waals surface area contributed by atoms with Gasteiger partial charge in [-0.1, -0.05) is 20.8 Å². The molecule has 0 aromatic rings. The molecular weight excluding hydrogens is 328 g/mol. The molecule has 1 heterocycles. The fourth-order valence-electron chi connectivity index (χ4n) is 4.27. The second-order valence-corrected chi connectivity index (χ2v) is 8.65. The Balaban J connectivity index is 2.10. The highest BCUT2D eigenvalue weighted by molar-refractivity contribution is 4.93. The molecule has 0 aromatic heterocycles. The summed E-state index contributed by atoms with van der Waals surface area (Å²) < 4.78 is 11.5. The van der Waals surface area contributed by atoms with E-state index in [4.69, 9.17) is 9.47 Å². The molecule has 1 aliphatic heterocycles. The molecule has 5 N–H and O–H groups in total. The Labute approximate surface area is 149 Å². The van der Waals surface area contributed by atoms with Crippen molar-refractivity contribution in [3.05, 3.63) is 0 Å². The summed E-state index contributed by atoms with van der Waals surface area (Å²) in [5, 5.41) is 49.1. The Hall–Kier alpha value is -0.280. The van der Waals surface area contributed by atoms with Crippen molar-refractivity contribution in [1.82, 2.24) is 0 Å². The van der Waals surface area contributed by atoms with Crippen molar-refractivity contribution in [3.8, 4) is 0 Å². The zero-order valence-corrected chi connectivity index (χ0v) is 15.6. The van der Waals surface area contributed by atoms with Crippen LogP contribution in [0.3, 0.4) is 0 Å². The topological polar surface area (TPSA) is 120 Å². The number of aliphatic hydroxyl groups excluding tert-OH is 5.